The van der Waals surface area contributed by atoms with Crippen LogP contribution >= 0.6 is 0 Å². The zero-order valence-corrected chi connectivity index (χ0v) is 7.13. The Kier molecular flexibility index (Phi) is 3.94. The fourth-order valence-electron chi connectivity index (χ4n) is 0.770. The molecular formula is C10H10FNO. The van der Waals surface area contributed by atoms with Crippen molar-refractivity contribution in [3.05, 3.63) is 29.8 Å². The van der Waals surface area contributed by atoms with Crippen molar-refractivity contribution >= 4 is 0 Å². The van der Waals surface area contributed by atoms with Crippen LogP contribution in [0.4, 0.5) is 4.39 Å². The molecule has 13 heavy (non-hydrogen) atoms. The number of pyridine rings is 1. The quantitative estimate of drug-likeness (QED) is 0.549. The van der Waals surface area contributed by atoms with Gasteiger partial charge >= 0.3 is 0 Å². The van der Waals surface area contributed by atoms with Crippen LogP contribution in [0.15, 0.2) is 18.3 Å². The van der Waals surface area contributed by atoms with E-state index in [0.29, 0.717) is 18.5 Å². The average Bonchev–Trinajstić information content (AvgIpc) is 2.15. The highest BCUT2D eigenvalue weighted by atomic mass is 19.1. The van der Waals surface area contributed by atoms with Crippen molar-refractivity contribution in [3.8, 4) is 11.8 Å². The van der Waals surface area contributed by atoms with Crippen molar-refractivity contribution in [2.45, 2.75) is 12.8 Å². The fraction of sp³-hybridized carbons (Fsp3) is 0.300. The number of nitrogens with zero attached hydrogens (tertiary/aromatic N) is 1. The molecule has 0 aliphatic rings. The Bertz CT molecular complexity index is 310. The number of aliphatic hydroxyl groups is 1. The lowest BCUT2D eigenvalue weighted by Crippen LogP contribution is -1.83. The van der Waals surface area contributed by atoms with E-state index in [1.54, 1.807) is 0 Å². The Balaban J connectivity index is 2.52. The fourth-order valence-corrected chi connectivity index (χ4v) is 0.770. The molecular weight excluding hydrogens is 169 g/mol. The Morgan fingerprint density at radius 1 is 1.46 bits per heavy atom. The Morgan fingerprint density at radius 2 is 2.31 bits per heavy atom. The second kappa shape index (κ2) is 5.28. The third-order valence-corrected chi connectivity index (χ3v) is 1.40. The van der Waals surface area contributed by atoms with E-state index in [1.165, 1.54) is 12.1 Å². The van der Waals surface area contributed by atoms with Gasteiger partial charge in [0.05, 0.1) is 6.20 Å². The number of hydrogen-bond donors (Lipinski definition) is 1. The molecule has 0 spiro atoms. The first-order valence-electron chi connectivity index (χ1n) is 4.04. The number of halogens is 1. The molecule has 0 bridgehead atoms. The van der Waals surface area contributed by atoms with Crippen LogP contribution in [0.2, 0.25) is 0 Å². The number of hydrogen-bond acceptors (Lipinski definition) is 2. The summed E-state index contributed by atoms with van der Waals surface area (Å²) in [6.07, 6.45) is 2.43. The van der Waals surface area contributed by atoms with E-state index in [1.807, 2.05) is 0 Å². The van der Waals surface area contributed by atoms with Gasteiger partial charge in [-0.15, -0.1) is 0 Å². The minimum absolute atomic E-state index is 0.144. The molecule has 1 aromatic heterocycles. The van der Waals surface area contributed by atoms with Gasteiger partial charge in [-0.2, -0.15) is 0 Å². The van der Waals surface area contributed by atoms with Gasteiger partial charge in [-0.25, -0.2) is 9.37 Å². The number of aromatic nitrogens is 1. The van der Waals surface area contributed by atoms with Crippen molar-refractivity contribution in [2.24, 2.45) is 0 Å². The summed E-state index contributed by atoms with van der Waals surface area (Å²) >= 11 is 0. The van der Waals surface area contributed by atoms with Gasteiger partial charge in [-0.1, -0.05) is 5.92 Å². The highest BCUT2D eigenvalue weighted by Crippen LogP contribution is 1.96. The molecule has 0 saturated carbocycles. The van der Waals surface area contributed by atoms with E-state index < -0.39 is 0 Å². The van der Waals surface area contributed by atoms with Crippen molar-refractivity contribution in [3.63, 3.8) is 0 Å². The van der Waals surface area contributed by atoms with Crippen LogP contribution in [0, 0.1) is 17.7 Å². The molecule has 0 unspecified atom stereocenters. The monoisotopic (exact) mass is 179 g/mol. The molecule has 1 heterocycles. The van der Waals surface area contributed by atoms with Gasteiger partial charge in [-0.05, 0) is 24.5 Å². The lowest BCUT2D eigenvalue weighted by Gasteiger charge is -1.88. The smallest absolute Gasteiger partial charge is 0.141 e. The van der Waals surface area contributed by atoms with E-state index in [-0.39, 0.29) is 12.4 Å². The summed E-state index contributed by atoms with van der Waals surface area (Å²) in [4.78, 5) is 3.76. The summed E-state index contributed by atoms with van der Waals surface area (Å²) < 4.78 is 12.4. The highest BCUT2D eigenvalue weighted by Gasteiger charge is 1.89. The molecule has 0 atom stereocenters. The average molecular weight is 179 g/mol. The number of rotatable bonds is 2. The van der Waals surface area contributed by atoms with Gasteiger partial charge in [0, 0.05) is 13.0 Å². The maximum atomic E-state index is 12.4. The molecule has 0 aromatic carbocycles. The maximum Gasteiger partial charge on any atom is 0.141 e. The maximum absolute atomic E-state index is 12.4. The molecule has 0 fully saturated rings. The van der Waals surface area contributed by atoms with Crippen molar-refractivity contribution < 1.29 is 9.50 Å². The molecule has 0 aliphatic heterocycles. The van der Waals surface area contributed by atoms with Crippen LogP contribution in [-0.4, -0.2) is 16.7 Å². The lowest BCUT2D eigenvalue weighted by atomic mass is 10.3. The SMILES string of the molecule is OCCCC#Cc1ccc(F)cn1. The summed E-state index contributed by atoms with van der Waals surface area (Å²) in [5.74, 6) is 5.23. The standard InChI is InChI=1S/C10H10FNO/c11-9-5-6-10(12-8-9)4-2-1-3-7-13/h5-6,8,13H,1,3,7H2. The predicted molar refractivity (Wildman–Crippen MR) is 47.4 cm³/mol. The molecule has 68 valence electrons. The van der Waals surface area contributed by atoms with Gasteiger partial charge in [0.25, 0.3) is 0 Å². The van der Waals surface area contributed by atoms with Crippen LogP contribution in [-0.2, 0) is 0 Å². The summed E-state index contributed by atoms with van der Waals surface area (Å²) in [5, 5.41) is 8.47. The topological polar surface area (TPSA) is 33.1 Å². The van der Waals surface area contributed by atoms with Gasteiger partial charge in [-0.3, -0.25) is 0 Å². The highest BCUT2D eigenvalue weighted by molar-refractivity contribution is 5.26. The van der Waals surface area contributed by atoms with Crippen molar-refractivity contribution in [1.82, 2.24) is 4.98 Å². The lowest BCUT2D eigenvalue weighted by molar-refractivity contribution is 0.290. The first kappa shape index (κ1) is 9.69. The summed E-state index contributed by atoms with van der Waals surface area (Å²) in [6, 6.07) is 2.85. The Hall–Kier alpha value is -1.40. The van der Waals surface area contributed by atoms with E-state index >= 15 is 0 Å². The third-order valence-electron chi connectivity index (χ3n) is 1.40. The zero-order valence-electron chi connectivity index (χ0n) is 7.13. The minimum Gasteiger partial charge on any atom is -0.396 e. The first-order chi connectivity index (χ1) is 6.33. The largest absolute Gasteiger partial charge is 0.396 e. The van der Waals surface area contributed by atoms with Crippen LogP contribution < -0.4 is 0 Å². The zero-order chi connectivity index (χ0) is 9.52. The molecule has 1 rings (SSSR count). The summed E-state index contributed by atoms with van der Waals surface area (Å²) in [7, 11) is 0. The van der Waals surface area contributed by atoms with Crippen LogP contribution in [0.25, 0.3) is 0 Å². The van der Waals surface area contributed by atoms with Crippen molar-refractivity contribution in [2.75, 3.05) is 6.61 Å². The molecule has 0 aliphatic carbocycles. The second-order valence-corrected chi connectivity index (χ2v) is 2.49. The van der Waals surface area contributed by atoms with E-state index in [0.717, 1.165) is 6.20 Å². The third kappa shape index (κ3) is 3.68. The second-order valence-electron chi connectivity index (χ2n) is 2.49. The predicted octanol–water partition coefficient (Wildman–Crippen LogP) is 1.34. The Morgan fingerprint density at radius 3 is 2.92 bits per heavy atom. The van der Waals surface area contributed by atoms with Crippen LogP contribution in [0.1, 0.15) is 18.5 Å². The van der Waals surface area contributed by atoms with E-state index in [2.05, 4.69) is 16.8 Å². The first-order valence-corrected chi connectivity index (χ1v) is 4.04. The molecule has 3 heteroatoms. The number of aliphatic hydroxyl groups excluding tert-OH is 1. The molecule has 0 radical (unpaired) electrons. The van der Waals surface area contributed by atoms with Gasteiger partial charge < -0.3 is 5.11 Å². The molecule has 0 saturated heterocycles. The van der Waals surface area contributed by atoms with E-state index in [9.17, 15) is 4.39 Å². The molecule has 0 amide bonds. The van der Waals surface area contributed by atoms with E-state index in [4.69, 9.17) is 5.11 Å². The van der Waals surface area contributed by atoms with Crippen LogP contribution in [0.5, 0.6) is 0 Å². The normalized spacial score (nSPS) is 9.08. The minimum atomic E-state index is -0.360. The van der Waals surface area contributed by atoms with Gasteiger partial charge in [0.1, 0.15) is 11.5 Å². The van der Waals surface area contributed by atoms with Crippen LogP contribution in [0.3, 0.4) is 0 Å². The molecule has 1 aromatic rings. The van der Waals surface area contributed by atoms with Gasteiger partial charge in [0.2, 0.25) is 0 Å². The molecule has 2 nitrogen and oxygen atoms in total. The molecule has 1 N–H and O–H groups in total. The summed E-state index contributed by atoms with van der Waals surface area (Å²) in [6.45, 7) is 0.144. The van der Waals surface area contributed by atoms with Crippen molar-refractivity contribution in [1.29, 1.82) is 0 Å². The number of unbranched alkanes of at least 4 members (excludes halogenated alkanes) is 1. The Labute approximate surface area is 76.4 Å². The van der Waals surface area contributed by atoms with Gasteiger partial charge in [0.15, 0.2) is 0 Å². The summed E-state index contributed by atoms with van der Waals surface area (Å²) in [5.41, 5.74) is 0.555.